The molecule has 0 radical (unpaired) electrons. The maximum absolute atomic E-state index is 12.5. The molecule has 0 bridgehead atoms. The molecule has 3 heterocycles. The van der Waals surface area contributed by atoms with Gasteiger partial charge in [-0.15, -0.1) is 0 Å². The maximum atomic E-state index is 12.5. The van der Waals surface area contributed by atoms with Crippen LogP contribution in [0.5, 0.6) is 5.75 Å². The normalized spacial score (nSPS) is 11.2. The molecule has 1 aromatic carbocycles. The van der Waals surface area contributed by atoms with Gasteiger partial charge in [-0.1, -0.05) is 6.42 Å². The summed E-state index contributed by atoms with van der Waals surface area (Å²) < 4.78 is 7.35. The fourth-order valence-electron chi connectivity index (χ4n) is 3.87. The Morgan fingerprint density at radius 3 is 2.84 bits per heavy atom. The number of H-pyrrole nitrogens is 1. The van der Waals surface area contributed by atoms with Crippen LogP contribution in [0.15, 0.2) is 48.8 Å². The molecule has 0 unspecified atom stereocenters. The number of carbonyl (C=O) groups excluding carboxylic acids is 1. The van der Waals surface area contributed by atoms with Gasteiger partial charge in [0.15, 0.2) is 0 Å². The number of benzene rings is 1. The molecule has 4 rings (SSSR count). The van der Waals surface area contributed by atoms with Crippen LogP contribution in [-0.4, -0.2) is 45.2 Å². The number of unbranched alkanes of at least 4 members (excludes halogenated alkanes) is 2. The Hall–Kier alpha value is -3.81. The summed E-state index contributed by atoms with van der Waals surface area (Å²) in [5.74, 6) is -0.121. The predicted octanol–water partition coefficient (Wildman–Crippen LogP) is 3.95. The average Bonchev–Trinajstić information content (AvgIpc) is 3.37. The fraction of sp³-hybridized carbons (Fsp3) is 0.292. The van der Waals surface area contributed by atoms with E-state index in [4.69, 9.17) is 9.84 Å². The van der Waals surface area contributed by atoms with Crippen molar-refractivity contribution in [3.8, 4) is 17.0 Å². The van der Waals surface area contributed by atoms with Gasteiger partial charge < -0.3 is 24.7 Å². The largest absolute Gasteiger partial charge is 0.497 e. The lowest BCUT2D eigenvalue weighted by atomic mass is 10.1. The highest BCUT2D eigenvalue weighted by Crippen LogP contribution is 2.34. The first kappa shape index (κ1) is 21.4. The van der Waals surface area contributed by atoms with E-state index in [1.807, 2.05) is 41.1 Å². The highest BCUT2D eigenvalue weighted by Gasteiger charge is 2.15. The van der Waals surface area contributed by atoms with Crippen LogP contribution >= 0.6 is 0 Å². The number of pyridine rings is 1. The first-order chi connectivity index (χ1) is 15.5. The minimum absolute atomic E-state index is 0.0826. The monoisotopic (exact) mass is 434 g/mol. The summed E-state index contributed by atoms with van der Waals surface area (Å²) >= 11 is 0. The number of rotatable bonds is 10. The van der Waals surface area contributed by atoms with Crippen molar-refractivity contribution in [1.29, 1.82) is 0 Å². The number of fused-ring (bicyclic) bond motifs is 2. The molecular formula is C24H26N4O4. The van der Waals surface area contributed by atoms with Crippen molar-refractivity contribution in [3.05, 3.63) is 48.8 Å². The SMILES string of the molecule is COc1ccc2c(c1)c(-c1cc3cccnc3[nH]1)cn2CC(=O)NCCCCCC(=O)O. The lowest BCUT2D eigenvalue weighted by Gasteiger charge is -2.07. The van der Waals surface area contributed by atoms with E-state index in [0.29, 0.717) is 13.0 Å². The molecule has 8 heteroatoms. The van der Waals surface area contributed by atoms with Gasteiger partial charge in [0.25, 0.3) is 0 Å². The van der Waals surface area contributed by atoms with Gasteiger partial charge in [-0.3, -0.25) is 9.59 Å². The topological polar surface area (TPSA) is 109 Å². The molecule has 0 aliphatic heterocycles. The van der Waals surface area contributed by atoms with E-state index in [-0.39, 0.29) is 18.9 Å². The van der Waals surface area contributed by atoms with Crippen LogP contribution in [-0.2, 0) is 16.1 Å². The van der Waals surface area contributed by atoms with Gasteiger partial charge in [-0.2, -0.15) is 0 Å². The standard InChI is InChI=1S/C24H26N4O4/c1-32-17-8-9-21-18(13-17)19(20-12-16-6-5-11-26-24(16)27-20)14-28(21)15-22(29)25-10-4-2-3-7-23(30)31/h5-6,8-9,11-14H,2-4,7,10,15H2,1H3,(H,25,29)(H,26,27)(H,30,31). The number of hydrogen-bond donors (Lipinski definition) is 3. The molecule has 8 nitrogen and oxygen atoms in total. The zero-order valence-electron chi connectivity index (χ0n) is 17.9. The Morgan fingerprint density at radius 2 is 2.06 bits per heavy atom. The molecule has 4 aromatic rings. The molecule has 0 saturated heterocycles. The second kappa shape index (κ2) is 9.55. The van der Waals surface area contributed by atoms with Crippen molar-refractivity contribution < 1.29 is 19.4 Å². The van der Waals surface area contributed by atoms with E-state index >= 15 is 0 Å². The van der Waals surface area contributed by atoms with Gasteiger partial charge in [0.05, 0.1) is 7.11 Å². The highest BCUT2D eigenvalue weighted by atomic mass is 16.5. The molecule has 3 N–H and O–H groups in total. The van der Waals surface area contributed by atoms with E-state index in [1.54, 1.807) is 13.3 Å². The summed E-state index contributed by atoms with van der Waals surface area (Å²) in [6.45, 7) is 0.725. The predicted molar refractivity (Wildman–Crippen MR) is 123 cm³/mol. The number of aromatic amines is 1. The molecule has 0 atom stereocenters. The van der Waals surface area contributed by atoms with Crippen molar-refractivity contribution in [2.75, 3.05) is 13.7 Å². The van der Waals surface area contributed by atoms with E-state index in [0.717, 1.165) is 51.8 Å². The molecule has 1 amide bonds. The number of aliphatic carboxylic acids is 1. The van der Waals surface area contributed by atoms with Crippen molar-refractivity contribution in [1.82, 2.24) is 19.9 Å². The van der Waals surface area contributed by atoms with E-state index in [2.05, 4.69) is 21.4 Å². The summed E-state index contributed by atoms with van der Waals surface area (Å²) in [6, 6.07) is 11.8. The number of amides is 1. The second-order valence-electron chi connectivity index (χ2n) is 7.73. The molecule has 32 heavy (non-hydrogen) atoms. The van der Waals surface area contributed by atoms with E-state index < -0.39 is 5.97 Å². The summed E-state index contributed by atoms with van der Waals surface area (Å²) in [5, 5.41) is 13.6. The van der Waals surface area contributed by atoms with Gasteiger partial charge in [-0.05, 0) is 49.2 Å². The minimum Gasteiger partial charge on any atom is -0.497 e. The Morgan fingerprint density at radius 1 is 1.19 bits per heavy atom. The number of aromatic nitrogens is 3. The Bertz CT molecular complexity index is 1220. The van der Waals surface area contributed by atoms with Crippen LogP contribution < -0.4 is 10.1 Å². The van der Waals surface area contributed by atoms with Crippen LogP contribution in [0.3, 0.4) is 0 Å². The summed E-state index contributed by atoms with van der Waals surface area (Å²) in [6.07, 6.45) is 6.05. The summed E-state index contributed by atoms with van der Waals surface area (Å²) in [4.78, 5) is 30.8. The summed E-state index contributed by atoms with van der Waals surface area (Å²) in [7, 11) is 1.63. The number of ether oxygens (including phenoxy) is 1. The van der Waals surface area contributed by atoms with Gasteiger partial charge in [0.2, 0.25) is 5.91 Å². The lowest BCUT2D eigenvalue weighted by Crippen LogP contribution is -2.28. The number of carboxylic acid groups (broad SMARTS) is 1. The first-order valence-electron chi connectivity index (χ1n) is 10.6. The van der Waals surface area contributed by atoms with Crippen LogP contribution in [0.1, 0.15) is 25.7 Å². The zero-order chi connectivity index (χ0) is 22.5. The number of hydrogen-bond acceptors (Lipinski definition) is 4. The van der Waals surface area contributed by atoms with Crippen LogP contribution in [0.4, 0.5) is 0 Å². The molecule has 3 aromatic heterocycles. The highest BCUT2D eigenvalue weighted by molar-refractivity contribution is 5.99. The third kappa shape index (κ3) is 4.74. The van der Waals surface area contributed by atoms with E-state index in [1.165, 1.54) is 0 Å². The van der Waals surface area contributed by atoms with Crippen LogP contribution in [0, 0.1) is 0 Å². The number of carbonyl (C=O) groups is 2. The second-order valence-corrected chi connectivity index (χ2v) is 7.73. The average molecular weight is 434 g/mol. The molecule has 0 spiro atoms. The van der Waals surface area contributed by atoms with Gasteiger partial charge in [0, 0.05) is 52.9 Å². The third-order valence-electron chi connectivity index (χ3n) is 5.47. The first-order valence-corrected chi connectivity index (χ1v) is 10.6. The van der Waals surface area contributed by atoms with Crippen molar-refractivity contribution >= 4 is 33.8 Å². The Kier molecular flexibility index (Phi) is 6.39. The summed E-state index contributed by atoms with van der Waals surface area (Å²) in [5.41, 5.74) is 3.64. The van der Waals surface area contributed by atoms with Crippen LogP contribution in [0.2, 0.25) is 0 Å². The quantitative estimate of drug-likeness (QED) is 0.327. The van der Waals surface area contributed by atoms with Crippen LogP contribution in [0.25, 0.3) is 33.2 Å². The Labute approximate surface area is 185 Å². The van der Waals surface area contributed by atoms with E-state index in [9.17, 15) is 9.59 Å². The lowest BCUT2D eigenvalue weighted by molar-refractivity contribution is -0.137. The number of nitrogens with zero attached hydrogens (tertiary/aromatic N) is 2. The molecule has 0 aliphatic carbocycles. The van der Waals surface area contributed by atoms with Gasteiger partial charge >= 0.3 is 5.97 Å². The minimum atomic E-state index is -0.785. The van der Waals surface area contributed by atoms with Crippen molar-refractivity contribution in [2.45, 2.75) is 32.2 Å². The molecule has 166 valence electrons. The smallest absolute Gasteiger partial charge is 0.303 e. The van der Waals surface area contributed by atoms with Gasteiger partial charge in [0.1, 0.15) is 17.9 Å². The number of methoxy groups -OCH3 is 1. The van der Waals surface area contributed by atoms with Crippen molar-refractivity contribution in [2.24, 2.45) is 0 Å². The molecule has 0 fully saturated rings. The van der Waals surface area contributed by atoms with Crippen molar-refractivity contribution in [3.63, 3.8) is 0 Å². The third-order valence-corrected chi connectivity index (χ3v) is 5.47. The molecule has 0 saturated carbocycles. The molecule has 0 aliphatic rings. The number of nitrogens with one attached hydrogen (secondary N) is 2. The van der Waals surface area contributed by atoms with Gasteiger partial charge in [-0.25, -0.2) is 4.98 Å². The number of carboxylic acids is 1. The Balaban J connectivity index is 1.53. The zero-order valence-corrected chi connectivity index (χ0v) is 17.9. The molecular weight excluding hydrogens is 408 g/mol. The fourth-order valence-corrected chi connectivity index (χ4v) is 3.87. The maximum Gasteiger partial charge on any atom is 0.303 e.